The Kier molecular flexibility index (Phi) is 4.19. The summed E-state index contributed by atoms with van der Waals surface area (Å²) in [6, 6.07) is 5.00. The van der Waals surface area contributed by atoms with Gasteiger partial charge in [0.2, 0.25) is 5.82 Å². The van der Waals surface area contributed by atoms with Crippen molar-refractivity contribution in [2.24, 2.45) is 0 Å². The normalized spacial score (nSPS) is 10.3. The number of halogens is 2. The van der Waals surface area contributed by atoms with E-state index in [4.69, 9.17) is 0 Å². The molecule has 20 heavy (non-hydrogen) atoms. The van der Waals surface area contributed by atoms with Gasteiger partial charge in [-0.05, 0) is 18.1 Å². The first-order chi connectivity index (χ1) is 9.58. The Hall–Kier alpha value is -2.57. The van der Waals surface area contributed by atoms with Crippen molar-refractivity contribution in [3.63, 3.8) is 0 Å². The van der Waals surface area contributed by atoms with Crippen LogP contribution in [-0.4, -0.2) is 16.5 Å². The summed E-state index contributed by atoms with van der Waals surface area (Å²) in [6.45, 7) is 0.301. The monoisotopic (exact) mass is 279 g/mol. The molecule has 0 spiro atoms. The fraction of sp³-hybridized carbons (Fsp3) is 0.154. The molecule has 0 saturated heterocycles. The molecule has 104 valence electrons. The van der Waals surface area contributed by atoms with Crippen molar-refractivity contribution < 1.29 is 13.7 Å². The Morgan fingerprint density at radius 2 is 2.15 bits per heavy atom. The van der Waals surface area contributed by atoms with Crippen molar-refractivity contribution in [2.45, 2.75) is 6.42 Å². The van der Waals surface area contributed by atoms with Crippen molar-refractivity contribution >= 4 is 11.4 Å². The number of nitrogens with one attached hydrogen (secondary N) is 1. The van der Waals surface area contributed by atoms with Crippen molar-refractivity contribution in [2.75, 3.05) is 11.9 Å². The summed E-state index contributed by atoms with van der Waals surface area (Å²) in [5.41, 5.74) is -0.00601. The van der Waals surface area contributed by atoms with Gasteiger partial charge in [-0.2, -0.15) is 4.39 Å². The van der Waals surface area contributed by atoms with E-state index in [1.54, 1.807) is 18.5 Å². The molecule has 1 aromatic carbocycles. The van der Waals surface area contributed by atoms with Crippen LogP contribution in [0.4, 0.5) is 20.2 Å². The Morgan fingerprint density at radius 1 is 1.35 bits per heavy atom. The zero-order valence-corrected chi connectivity index (χ0v) is 10.3. The zero-order valence-electron chi connectivity index (χ0n) is 10.3. The lowest BCUT2D eigenvalue weighted by atomic mass is 10.2. The predicted molar refractivity (Wildman–Crippen MR) is 69.4 cm³/mol. The minimum absolute atomic E-state index is 0.170. The molecule has 0 unspecified atom stereocenters. The highest BCUT2D eigenvalue weighted by Gasteiger charge is 2.21. The van der Waals surface area contributed by atoms with Gasteiger partial charge in [0, 0.05) is 31.1 Å². The summed E-state index contributed by atoms with van der Waals surface area (Å²) in [6.07, 6.45) is 3.81. The van der Waals surface area contributed by atoms with Crippen LogP contribution in [0.3, 0.4) is 0 Å². The van der Waals surface area contributed by atoms with E-state index in [-0.39, 0.29) is 5.69 Å². The fourth-order valence-corrected chi connectivity index (χ4v) is 1.77. The fourth-order valence-electron chi connectivity index (χ4n) is 1.77. The predicted octanol–water partition coefficient (Wildman–Crippen LogP) is 2.92. The van der Waals surface area contributed by atoms with Crippen LogP contribution in [0.2, 0.25) is 0 Å². The van der Waals surface area contributed by atoms with Gasteiger partial charge in [-0.3, -0.25) is 15.1 Å². The minimum Gasteiger partial charge on any atom is -0.379 e. The lowest BCUT2D eigenvalue weighted by molar-refractivity contribution is -0.386. The van der Waals surface area contributed by atoms with Gasteiger partial charge >= 0.3 is 5.69 Å². The number of pyridine rings is 1. The first kappa shape index (κ1) is 13.9. The molecule has 1 heterocycles. The molecule has 0 radical (unpaired) electrons. The molecule has 5 nitrogen and oxygen atoms in total. The van der Waals surface area contributed by atoms with Gasteiger partial charge in [-0.15, -0.1) is 0 Å². The van der Waals surface area contributed by atoms with E-state index in [9.17, 15) is 18.9 Å². The third kappa shape index (κ3) is 3.25. The van der Waals surface area contributed by atoms with E-state index < -0.39 is 22.2 Å². The number of rotatable bonds is 5. The summed E-state index contributed by atoms with van der Waals surface area (Å²) in [4.78, 5) is 13.8. The molecule has 0 atom stereocenters. The summed E-state index contributed by atoms with van der Waals surface area (Å²) >= 11 is 0. The summed E-state index contributed by atoms with van der Waals surface area (Å²) in [7, 11) is 0. The van der Waals surface area contributed by atoms with Gasteiger partial charge < -0.3 is 5.32 Å². The quantitative estimate of drug-likeness (QED) is 0.675. The Bertz CT molecular complexity index is 621. The summed E-state index contributed by atoms with van der Waals surface area (Å²) in [5.74, 6) is -2.06. The number of benzene rings is 1. The number of aromatic nitrogens is 1. The highest BCUT2D eigenvalue weighted by molar-refractivity contribution is 5.62. The van der Waals surface area contributed by atoms with Crippen LogP contribution in [0.1, 0.15) is 5.56 Å². The largest absolute Gasteiger partial charge is 0.379 e. The van der Waals surface area contributed by atoms with Gasteiger partial charge in [-0.25, -0.2) is 4.39 Å². The highest BCUT2D eigenvalue weighted by Crippen LogP contribution is 2.28. The molecule has 0 aliphatic heterocycles. The lowest BCUT2D eigenvalue weighted by Crippen LogP contribution is -2.08. The topological polar surface area (TPSA) is 68.1 Å². The SMILES string of the molecule is O=[N+]([O-])c1c(F)cc(F)cc1NCCc1cccnc1. The van der Waals surface area contributed by atoms with Crippen molar-refractivity contribution in [3.8, 4) is 0 Å². The summed E-state index contributed by atoms with van der Waals surface area (Å²) in [5, 5.41) is 13.5. The number of hydrogen-bond donors (Lipinski definition) is 1. The Morgan fingerprint density at radius 3 is 2.80 bits per heavy atom. The number of nitro groups is 1. The molecule has 0 saturated carbocycles. The third-order valence-electron chi connectivity index (χ3n) is 2.66. The van der Waals surface area contributed by atoms with E-state index in [2.05, 4.69) is 10.3 Å². The van der Waals surface area contributed by atoms with E-state index in [0.717, 1.165) is 11.6 Å². The number of hydrogen-bond acceptors (Lipinski definition) is 4. The van der Waals surface area contributed by atoms with Crippen LogP contribution in [0.25, 0.3) is 0 Å². The van der Waals surface area contributed by atoms with Crippen LogP contribution in [-0.2, 0) is 6.42 Å². The molecule has 0 aliphatic carbocycles. The van der Waals surface area contributed by atoms with E-state index in [1.807, 2.05) is 6.07 Å². The lowest BCUT2D eigenvalue weighted by Gasteiger charge is -2.07. The molecule has 7 heteroatoms. The second-order valence-electron chi connectivity index (χ2n) is 4.08. The van der Waals surface area contributed by atoms with Crippen LogP contribution < -0.4 is 5.32 Å². The maximum absolute atomic E-state index is 13.4. The first-order valence-corrected chi connectivity index (χ1v) is 5.84. The zero-order chi connectivity index (χ0) is 14.5. The maximum Gasteiger partial charge on any atom is 0.327 e. The van der Waals surface area contributed by atoms with Crippen LogP contribution in [0.5, 0.6) is 0 Å². The van der Waals surface area contributed by atoms with Crippen LogP contribution in [0, 0.1) is 21.7 Å². The molecule has 1 N–H and O–H groups in total. The van der Waals surface area contributed by atoms with Gasteiger partial charge in [-0.1, -0.05) is 6.07 Å². The third-order valence-corrected chi connectivity index (χ3v) is 2.66. The number of nitrogens with zero attached hydrogens (tertiary/aromatic N) is 2. The van der Waals surface area contributed by atoms with Gasteiger partial charge in [0.25, 0.3) is 0 Å². The first-order valence-electron chi connectivity index (χ1n) is 5.84. The van der Waals surface area contributed by atoms with Crippen molar-refractivity contribution in [3.05, 3.63) is 64.0 Å². The number of anilines is 1. The molecule has 1 aromatic heterocycles. The Labute approximate surface area is 113 Å². The highest BCUT2D eigenvalue weighted by atomic mass is 19.1. The second-order valence-corrected chi connectivity index (χ2v) is 4.08. The standard InChI is InChI=1S/C13H11F2N3O2/c14-10-6-11(15)13(18(19)20)12(7-10)17-5-3-9-2-1-4-16-8-9/h1-2,4,6-8,17H,3,5H2. The summed E-state index contributed by atoms with van der Waals surface area (Å²) < 4.78 is 26.5. The van der Waals surface area contributed by atoms with Crippen LogP contribution in [0.15, 0.2) is 36.7 Å². The van der Waals surface area contributed by atoms with Crippen molar-refractivity contribution in [1.29, 1.82) is 0 Å². The van der Waals surface area contributed by atoms with Gasteiger partial charge in [0.15, 0.2) is 0 Å². The smallest absolute Gasteiger partial charge is 0.327 e. The molecular weight excluding hydrogens is 268 g/mol. The molecule has 2 rings (SSSR count). The molecule has 0 fully saturated rings. The van der Waals surface area contributed by atoms with Crippen molar-refractivity contribution in [1.82, 2.24) is 4.98 Å². The molecule has 0 amide bonds. The van der Waals surface area contributed by atoms with E-state index >= 15 is 0 Å². The average molecular weight is 279 g/mol. The van der Waals surface area contributed by atoms with Gasteiger partial charge in [0.1, 0.15) is 11.5 Å². The average Bonchev–Trinajstić information content (AvgIpc) is 2.38. The Balaban J connectivity index is 2.11. The molecule has 0 bridgehead atoms. The van der Waals surface area contributed by atoms with Crippen LogP contribution >= 0.6 is 0 Å². The van der Waals surface area contributed by atoms with E-state index in [1.165, 1.54) is 0 Å². The molecule has 0 aliphatic rings. The minimum atomic E-state index is -1.20. The number of nitro benzene ring substituents is 1. The second kappa shape index (κ2) is 6.05. The molecular formula is C13H11F2N3O2. The maximum atomic E-state index is 13.4. The van der Waals surface area contributed by atoms with E-state index in [0.29, 0.717) is 19.0 Å². The molecule has 2 aromatic rings. The van der Waals surface area contributed by atoms with Gasteiger partial charge in [0.05, 0.1) is 4.92 Å².